The van der Waals surface area contributed by atoms with Gasteiger partial charge in [-0.1, -0.05) is 48.5 Å². The predicted molar refractivity (Wildman–Crippen MR) is 91.9 cm³/mol. The topological polar surface area (TPSA) is 81.9 Å². The van der Waals surface area contributed by atoms with Gasteiger partial charge in [0, 0.05) is 18.5 Å². The van der Waals surface area contributed by atoms with E-state index in [1.165, 1.54) is 17.1 Å². The molecule has 1 amide bonds. The van der Waals surface area contributed by atoms with E-state index in [0.717, 1.165) is 5.56 Å². The Balaban J connectivity index is 1.72. The number of alkyl halides is 2. The minimum absolute atomic E-state index is 0.0230. The maximum Gasteiger partial charge on any atom is 0.387 e. The van der Waals surface area contributed by atoms with Crippen molar-refractivity contribution in [1.29, 1.82) is 0 Å². The minimum atomic E-state index is -2.94. The molecule has 7 nitrogen and oxygen atoms in total. The number of tetrazole rings is 1. The van der Waals surface area contributed by atoms with Gasteiger partial charge in [0.25, 0.3) is 0 Å². The van der Waals surface area contributed by atoms with Gasteiger partial charge in [0.2, 0.25) is 5.91 Å². The molecule has 1 unspecified atom stereocenters. The molecule has 0 radical (unpaired) electrons. The SMILES string of the molecule is O=C(NCc1ccccc1OC(F)F)C(Cc1ccccc1)n1cnnn1. The number of aromatic nitrogens is 4. The third-order valence-electron chi connectivity index (χ3n) is 3.90. The van der Waals surface area contributed by atoms with Gasteiger partial charge in [-0.15, -0.1) is 5.10 Å². The van der Waals surface area contributed by atoms with E-state index in [-0.39, 0.29) is 18.2 Å². The Morgan fingerprint density at radius 1 is 1.11 bits per heavy atom. The molecule has 1 aromatic heterocycles. The van der Waals surface area contributed by atoms with Crippen molar-refractivity contribution in [1.82, 2.24) is 25.5 Å². The van der Waals surface area contributed by atoms with Crippen molar-refractivity contribution in [2.75, 3.05) is 0 Å². The van der Waals surface area contributed by atoms with Crippen LogP contribution in [0.5, 0.6) is 5.75 Å². The molecule has 1 N–H and O–H groups in total. The van der Waals surface area contributed by atoms with E-state index in [9.17, 15) is 13.6 Å². The van der Waals surface area contributed by atoms with Crippen molar-refractivity contribution in [2.24, 2.45) is 0 Å². The molecule has 1 atom stereocenters. The lowest BCUT2D eigenvalue weighted by Crippen LogP contribution is -2.34. The van der Waals surface area contributed by atoms with Crippen molar-refractivity contribution in [2.45, 2.75) is 25.6 Å². The summed E-state index contributed by atoms with van der Waals surface area (Å²) in [4.78, 5) is 12.7. The molecular formula is C18H17F2N5O2. The second-order valence-electron chi connectivity index (χ2n) is 5.70. The molecule has 0 fully saturated rings. The first-order valence-electron chi connectivity index (χ1n) is 8.20. The van der Waals surface area contributed by atoms with Gasteiger partial charge in [-0.05, 0) is 22.1 Å². The quantitative estimate of drug-likeness (QED) is 0.656. The fraction of sp³-hybridized carbons (Fsp3) is 0.222. The molecule has 3 aromatic rings. The normalized spacial score (nSPS) is 12.0. The Hall–Kier alpha value is -3.36. The summed E-state index contributed by atoms with van der Waals surface area (Å²) < 4.78 is 30.9. The first kappa shape index (κ1) is 18.4. The molecule has 0 aliphatic rings. The van der Waals surface area contributed by atoms with Crippen LogP contribution in [0.4, 0.5) is 8.78 Å². The highest BCUT2D eigenvalue weighted by Gasteiger charge is 2.22. The Bertz CT molecular complexity index is 859. The van der Waals surface area contributed by atoms with Crippen molar-refractivity contribution < 1.29 is 18.3 Å². The van der Waals surface area contributed by atoms with Crippen molar-refractivity contribution in [3.63, 3.8) is 0 Å². The first-order valence-corrected chi connectivity index (χ1v) is 8.20. The lowest BCUT2D eigenvalue weighted by Gasteiger charge is -2.17. The van der Waals surface area contributed by atoms with Crippen LogP contribution in [0.1, 0.15) is 17.2 Å². The maximum absolute atomic E-state index is 12.7. The Kier molecular flexibility index (Phi) is 6.03. The number of halogens is 2. The summed E-state index contributed by atoms with van der Waals surface area (Å²) in [5.74, 6) is -0.312. The number of carbonyl (C=O) groups is 1. The number of amides is 1. The zero-order valence-corrected chi connectivity index (χ0v) is 14.2. The van der Waals surface area contributed by atoms with E-state index in [1.54, 1.807) is 18.2 Å². The second-order valence-corrected chi connectivity index (χ2v) is 5.70. The predicted octanol–water partition coefficient (Wildman–Crippen LogP) is 2.37. The van der Waals surface area contributed by atoms with Crippen LogP contribution in [0.3, 0.4) is 0 Å². The van der Waals surface area contributed by atoms with Crippen LogP contribution >= 0.6 is 0 Å². The number of carbonyl (C=O) groups excluding carboxylic acids is 1. The fourth-order valence-electron chi connectivity index (χ4n) is 2.62. The van der Waals surface area contributed by atoms with E-state index >= 15 is 0 Å². The van der Waals surface area contributed by atoms with E-state index in [0.29, 0.717) is 12.0 Å². The Morgan fingerprint density at radius 3 is 2.56 bits per heavy atom. The fourth-order valence-corrected chi connectivity index (χ4v) is 2.62. The molecule has 2 aromatic carbocycles. The van der Waals surface area contributed by atoms with E-state index in [2.05, 4.69) is 25.6 Å². The summed E-state index contributed by atoms with van der Waals surface area (Å²) >= 11 is 0. The summed E-state index contributed by atoms with van der Waals surface area (Å²) in [6.45, 7) is -2.90. The van der Waals surface area contributed by atoms with E-state index < -0.39 is 12.7 Å². The van der Waals surface area contributed by atoms with Gasteiger partial charge in [0.15, 0.2) is 0 Å². The Morgan fingerprint density at radius 2 is 1.85 bits per heavy atom. The van der Waals surface area contributed by atoms with Crippen LogP contribution < -0.4 is 10.1 Å². The molecule has 9 heteroatoms. The lowest BCUT2D eigenvalue weighted by atomic mass is 10.1. The molecule has 3 rings (SSSR count). The summed E-state index contributed by atoms with van der Waals surface area (Å²) in [5.41, 5.74) is 1.39. The molecule has 0 bridgehead atoms. The van der Waals surface area contributed by atoms with Gasteiger partial charge < -0.3 is 10.1 Å². The number of hydrogen-bond donors (Lipinski definition) is 1. The zero-order chi connectivity index (χ0) is 19.1. The molecule has 1 heterocycles. The van der Waals surface area contributed by atoms with Gasteiger partial charge in [-0.2, -0.15) is 8.78 Å². The van der Waals surface area contributed by atoms with Crippen LogP contribution in [0.25, 0.3) is 0 Å². The van der Waals surface area contributed by atoms with Gasteiger partial charge in [0.1, 0.15) is 18.1 Å². The van der Waals surface area contributed by atoms with Crippen LogP contribution in [0, 0.1) is 0 Å². The second kappa shape index (κ2) is 8.84. The molecule has 0 saturated carbocycles. The van der Waals surface area contributed by atoms with Crippen molar-refractivity contribution >= 4 is 5.91 Å². The molecular weight excluding hydrogens is 356 g/mol. The van der Waals surface area contributed by atoms with Crippen molar-refractivity contribution in [3.8, 4) is 5.75 Å². The van der Waals surface area contributed by atoms with Gasteiger partial charge >= 0.3 is 6.61 Å². The highest BCUT2D eigenvalue weighted by molar-refractivity contribution is 5.80. The molecule has 0 aliphatic heterocycles. The highest BCUT2D eigenvalue weighted by Crippen LogP contribution is 2.20. The van der Waals surface area contributed by atoms with Crippen LogP contribution in [0.15, 0.2) is 60.9 Å². The number of nitrogens with zero attached hydrogens (tertiary/aromatic N) is 4. The molecule has 0 saturated heterocycles. The van der Waals surface area contributed by atoms with Gasteiger partial charge in [-0.25, -0.2) is 4.68 Å². The lowest BCUT2D eigenvalue weighted by molar-refractivity contribution is -0.124. The summed E-state index contributed by atoms with van der Waals surface area (Å²) in [6.07, 6.45) is 1.74. The highest BCUT2D eigenvalue weighted by atomic mass is 19.3. The molecule has 27 heavy (non-hydrogen) atoms. The average molecular weight is 373 g/mol. The summed E-state index contributed by atoms with van der Waals surface area (Å²) in [5, 5.41) is 13.7. The number of hydrogen-bond acceptors (Lipinski definition) is 5. The van der Waals surface area contributed by atoms with Crippen LogP contribution in [0.2, 0.25) is 0 Å². The zero-order valence-electron chi connectivity index (χ0n) is 14.2. The molecule has 0 aliphatic carbocycles. The summed E-state index contributed by atoms with van der Waals surface area (Å²) in [6, 6.07) is 15.1. The summed E-state index contributed by atoms with van der Waals surface area (Å²) in [7, 11) is 0. The number of ether oxygens (including phenoxy) is 1. The molecule has 140 valence electrons. The smallest absolute Gasteiger partial charge is 0.387 e. The monoisotopic (exact) mass is 373 g/mol. The van der Waals surface area contributed by atoms with Crippen LogP contribution in [-0.4, -0.2) is 32.7 Å². The first-order chi connectivity index (χ1) is 13.1. The van der Waals surface area contributed by atoms with Crippen LogP contribution in [-0.2, 0) is 17.8 Å². The van der Waals surface area contributed by atoms with Gasteiger partial charge in [0.05, 0.1) is 0 Å². The molecule has 0 spiro atoms. The Labute approximate surface area is 154 Å². The average Bonchev–Trinajstić information content (AvgIpc) is 3.20. The van der Waals surface area contributed by atoms with Gasteiger partial charge in [-0.3, -0.25) is 4.79 Å². The third-order valence-corrected chi connectivity index (χ3v) is 3.90. The van der Waals surface area contributed by atoms with Crippen molar-refractivity contribution in [3.05, 3.63) is 72.1 Å². The third kappa shape index (κ3) is 5.06. The number of nitrogens with one attached hydrogen (secondary N) is 1. The number of benzene rings is 2. The van der Waals surface area contributed by atoms with E-state index in [1.807, 2.05) is 30.3 Å². The van der Waals surface area contributed by atoms with E-state index in [4.69, 9.17) is 0 Å². The maximum atomic E-state index is 12.7. The standard InChI is InChI=1S/C18H17F2N5O2/c19-18(20)27-16-9-5-4-8-14(16)11-21-17(26)15(25-12-22-23-24-25)10-13-6-2-1-3-7-13/h1-9,12,15,18H,10-11H2,(H,21,26). The number of para-hydroxylation sites is 1. The largest absolute Gasteiger partial charge is 0.434 e. The minimum Gasteiger partial charge on any atom is -0.434 e. The number of rotatable bonds is 8.